The number of benzene rings is 2. The summed E-state index contributed by atoms with van der Waals surface area (Å²) in [5, 5.41) is 0.342. The molecule has 0 saturated carbocycles. The number of carbonyl (C=O) groups excluding carboxylic acids is 2. The minimum Gasteiger partial charge on any atom is -0.444 e. The lowest BCUT2D eigenvalue weighted by atomic mass is 9.89. The maximum absolute atomic E-state index is 12.4. The van der Waals surface area contributed by atoms with Crippen molar-refractivity contribution in [1.82, 2.24) is 4.90 Å². The van der Waals surface area contributed by atoms with Gasteiger partial charge >= 0.3 is 6.09 Å². The van der Waals surface area contributed by atoms with Gasteiger partial charge in [0, 0.05) is 31.1 Å². The molecule has 2 aromatic carbocycles. The molecule has 1 fully saturated rings. The van der Waals surface area contributed by atoms with Gasteiger partial charge in [-0.15, -0.1) is 0 Å². The molecule has 0 aliphatic carbocycles. The van der Waals surface area contributed by atoms with E-state index in [2.05, 4.69) is 0 Å². The largest absolute Gasteiger partial charge is 0.444 e. The van der Waals surface area contributed by atoms with Gasteiger partial charge in [0.05, 0.1) is 10.6 Å². The Kier molecular flexibility index (Phi) is 5.95. The summed E-state index contributed by atoms with van der Waals surface area (Å²) >= 11 is 6.45. The van der Waals surface area contributed by atoms with E-state index >= 15 is 0 Å². The van der Waals surface area contributed by atoms with Crippen LogP contribution < -0.4 is 15.2 Å². The van der Waals surface area contributed by atoms with E-state index in [1.165, 1.54) is 6.07 Å². The van der Waals surface area contributed by atoms with Crippen molar-refractivity contribution in [2.45, 2.75) is 57.8 Å². The molecule has 1 saturated heterocycles. The molecule has 1 atom stereocenters. The van der Waals surface area contributed by atoms with Gasteiger partial charge in [-0.05, 0) is 63.8 Å². The third-order valence-corrected chi connectivity index (χ3v) is 6.25. The van der Waals surface area contributed by atoms with Crippen molar-refractivity contribution in [2.24, 2.45) is 5.73 Å². The maximum Gasteiger partial charge on any atom is 0.410 e. The molecule has 8 heteroatoms. The average molecular weight is 473 g/mol. The number of amides is 2. The summed E-state index contributed by atoms with van der Waals surface area (Å²) in [6.07, 6.45) is 1.31. The van der Waals surface area contributed by atoms with Crippen molar-refractivity contribution >= 4 is 23.6 Å². The molecule has 1 unspecified atom stereocenters. The lowest BCUT2D eigenvalue weighted by Gasteiger charge is -2.34. The number of halogens is 1. The van der Waals surface area contributed by atoms with Gasteiger partial charge in [-0.3, -0.25) is 4.79 Å². The predicted octanol–water partition coefficient (Wildman–Crippen LogP) is 5.20. The van der Waals surface area contributed by atoms with Crippen molar-refractivity contribution in [3.63, 3.8) is 0 Å². The second-order valence-electron chi connectivity index (χ2n) is 9.62. The number of rotatable bonds is 3. The Bertz CT molecular complexity index is 1090. The van der Waals surface area contributed by atoms with Crippen molar-refractivity contribution in [2.75, 3.05) is 13.1 Å². The Morgan fingerprint density at radius 2 is 1.85 bits per heavy atom. The van der Waals surface area contributed by atoms with E-state index in [0.29, 0.717) is 40.7 Å². The van der Waals surface area contributed by atoms with E-state index < -0.39 is 17.3 Å². The molecule has 0 bridgehead atoms. The quantitative estimate of drug-likeness (QED) is 0.663. The minimum absolute atomic E-state index is 0.220. The fraction of sp³-hybridized carbons (Fsp3) is 0.440. The second kappa shape index (κ2) is 8.45. The van der Waals surface area contributed by atoms with Crippen LogP contribution in [-0.4, -0.2) is 35.6 Å². The molecule has 0 spiro atoms. The number of nitrogens with zero attached hydrogens (tertiary/aromatic N) is 1. The van der Waals surface area contributed by atoms with Gasteiger partial charge in [0.1, 0.15) is 5.60 Å². The summed E-state index contributed by atoms with van der Waals surface area (Å²) in [6.45, 7) is 8.63. The zero-order chi connectivity index (χ0) is 24.0. The molecule has 0 radical (unpaired) electrons. The van der Waals surface area contributed by atoms with Gasteiger partial charge in [-0.2, -0.15) is 0 Å². The lowest BCUT2D eigenvalue weighted by molar-refractivity contribution is -0.0684. The van der Waals surface area contributed by atoms with Crippen LogP contribution in [0.4, 0.5) is 4.79 Å². The van der Waals surface area contributed by atoms with Gasteiger partial charge in [-0.1, -0.05) is 23.7 Å². The summed E-state index contributed by atoms with van der Waals surface area (Å²) in [6, 6.07) is 10.7. The number of ether oxygens (including phenoxy) is 3. The van der Waals surface area contributed by atoms with Crippen molar-refractivity contribution < 1.29 is 23.8 Å². The molecule has 2 aliphatic rings. The van der Waals surface area contributed by atoms with Crippen LogP contribution in [0, 0.1) is 0 Å². The first-order valence-corrected chi connectivity index (χ1v) is 11.4. The lowest BCUT2D eigenvalue weighted by Crippen LogP contribution is -2.41. The second-order valence-corrected chi connectivity index (χ2v) is 10.0. The number of hydrogen-bond donors (Lipinski definition) is 1. The standard InChI is InChI=1S/C25H29ClN2O5/c1-24(2,3)33-23(30)28-12-10-15(11-13-28)17-6-5-7-20-21(17)32-25(4,31-20)18-9-8-16(22(27)29)14-19(18)26/h5-9,14-15H,10-13H2,1-4H3,(H2,27,29). The van der Waals surface area contributed by atoms with Gasteiger partial charge in [-0.25, -0.2) is 4.79 Å². The molecule has 2 amide bonds. The van der Waals surface area contributed by atoms with Crippen LogP contribution in [0.25, 0.3) is 0 Å². The number of para-hydroxylation sites is 1. The van der Waals surface area contributed by atoms with Crippen molar-refractivity contribution in [3.8, 4) is 11.5 Å². The summed E-state index contributed by atoms with van der Waals surface area (Å²) in [5.74, 6) is -0.143. The highest BCUT2D eigenvalue weighted by atomic mass is 35.5. The number of primary amides is 1. The molecule has 2 heterocycles. The monoisotopic (exact) mass is 472 g/mol. The zero-order valence-corrected chi connectivity index (χ0v) is 20.1. The van der Waals surface area contributed by atoms with Crippen LogP contribution in [-0.2, 0) is 10.5 Å². The third-order valence-electron chi connectivity index (χ3n) is 5.94. The Morgan fingerprint density at radius 1 is 1.15 bits per heavy atom. The summed E-state index contributed by atoms with van der Waals surface area (Å²) in [5.41, 5.74) is 6.82. The van der Waals surface area contributed by atoms with Crippen LogP contribution in [0.3, 0.4) is 0 Å². The Morgan fingerprint density at radius 3 is 2.45 bits per heavy atom. The molecule has 2 aliphatic heterocycles. The first kappa shape index (κ1) is 23.2. The molecule has 33 heavy (non-hydrogen) atoms. The van der Waals surface area contributed by atoms with Crippen LogP contribution in [0.5, 0.6) is 11.5 Å². The van der Waals surface area contributed by atoms with Crippen molar-refractivity contribution in [1.29, 1.82) is 0 Å². The van der Waals surface area contributed by atoms with Gasteiger partial charge in [0.25, 0.3) is 5.79 Å². The van der Waals surface area contributed by atoms with Crippen molar-refractivity contribution in [3.05, 3.63) is 58.1 Å². The number of likely N-dealkylation sites (tertiary alicyclic amines) is 1. The molecule has 2 aromatic rings. The molecule has 0 aromatic heterocycles. The average Bonchev–Trinajstić information content (AvgIpc) is 3.09. The number of piperidine rings is 1. The van der Waals surface area contributed by atoms with Crippen LogP contribution in [0.2, 0.25) is 5.02 Å². The highest BCUT2D eigenvalue weighted by molar-refractivity contribution is 6.31. The van der Waals surface area contributed by atoms with Gasteiger partial charge < -0.3 is 24.8 Å². The maximum atomic E-state index is 12.4. The summed E-state index contributed by atoms with van der Waals surface area (Å²) in [4.78, 5) is 25.6. The first-order valence-electron chi connectivity index (χ1n) is 11.1. The van der Waals surface area contributed by atoms with Gasteiger partial charge in [0.2, 0.25) is 5.91 Å². The molecule has 176 valence electrons. The summed E-state index contributed by atoms with van der Waals surface area (Å²) < 4.78 is 18.1. The third kappa shape index (κ3) is 4.74. The number of hydrogen-bond acceptors (Lipinski definition) is 5. The van der Waals surface area contributed by atoms with E-state index in [9.17, 15) is 9.59 Å². The molecule has 4 rings (SSSR count). The van der Waals surface area contributed by atoms with Gasteiger partial charge in [0.15, 0.2) is 11.5 Å². The van der Waals surface area contributed by atoms with E-state index in [1.807, 2.05) is 39.0 Å². The Labute approximate surface area is 198 Å². The topological polar surface area (TPSA) is 91.1 Å². The fourth-order valence-electron chi connectivity index (χ4n) is 4.32. The first-order chi connectivity index (χ1) is 15.5. The van der Waals surface area contributed by atoms with Crippen LogP contribution in [0.15, 0.2) is 36.4 Å². The smallest absolute Gasteiger partial charge is 0.410 e. The van der Waals surface area contributed by atoms with Crippen LogP contribution in [0.1, 0.15) is 67.9 Å². The number of carbonyl (C=O) groups is 2. The number of nitrogens with two attached hydrogens (primary N) is 1. The molecule has 7 nitrogen and oxygen atoms in total. The molecular weight excluding hydrogens is 444 g/mol. The van der Waals surface area contributed by atoms with E-state index in [1.54, 1.807) is 24.0 Å². The SMILES string of the molecule is CC(C)(C)OC(=O)N1CCC(c2cccc3c2OC(C)(c2ccc(C(N)=O)cc2Cl)O3)CC1. The van der Waals surface area contributed by atoms with E-state index in [4.69, 9.17) is 31.5 Å². The number of fused-ring (bicyclic) bond motifs is 1. The molecular formula is C25H29ClN2O5. The normalized spacial score (nSPS) is 20.6. The molecule has 2 N–H and O–H groups in total. The highest BCUT2D eigenvalue weighted by Gasteiger charge is 2.42. The van der Waals surface area contributed by atoms with Crippen LogP contribution >= 0.6 is 11.6 Å². The zero-order valence-electron chi connectivity index (χ0n) is 19.3. The minimum atomic E-state index is -1.14. The predicted molar refractivity (Wildman–Crippen MR) is 125 cm³/mol. The Balaban J connectivity index is 1.51. The highest BCUT2D eigenvalue weighted by Crippen LogP contribution is 2.50. The Hall–Kier alpha value is -2.93. The van der Waals surface area contributed by atoms with E-state index in [0.717, 1.165) is 18.4 Å². The summed E-state index contributed by atoms with van der Waals surface area (Å²) in [7, 11) is 0. The fourth-order valence-corrected chi connectivity index (χ4v) is 4.67. The van der Waals surface area contributed by atoms with E-state index in [-0.39, 0.29) is 12.0 Å².